The minimum Gasteiger partial charge on any atom is -0.206 e. The van der Waals surface area contributed by atoms with Crippen LogP contribution in [0.3, 0.4) is 0 Å². The Kier molecular flexibility index (Phi) is 2.66. The first-order valence-electron chi connectivity index (χ1n) is 3.36. The topological polar surface area (TPSA) is 0 Å². The molecule has 0 bridgehead atoms. The molecule has 0 aliphatic rings. The van der Waals surface area contributed by atoms with Crippen molar-refractivity contribution in [2.75, 3.05) is 0 Å². The highest BCUT2D eigenvalue weighted by atomic mass is 79.9. The minimum atomic E-state index is -4.63. The molecule has 72 valence electrons. The van der Waals surface area contributed by atoms with Gasteiger partial charge >= 0.3 is 6.18 Å². The van der Waals surface area contributed by atoms with Gasteiger partial charge in [-0.15, -0.1) is 0 Å². The van der Waals surface area contributed by atoms with E-state index in [0.29, 0.717) is 10.5 Å². The van der Waals surface area contributed by atoms with Crippen molar-refractivity contribution < 1.29 is 17.6 Å². The molecule has 5 heteroatoms. The number of rotatable bonds is 0. The number of hydrogen-bond donors (Lipinski definition) is 0. The Labute approximate surface area is 80.7 Å². The Balaban J connectivity index is 3.35. The molecule has 1 rings (SSSR count). The first-order chi connectivity index (χ1) is 5.84. The maximum Gasteiger partial charge on any atom is 0.419 e. The molecule has 0 aliphatic heterocycles. The lowest BCUT2D eigenvalue weighted by Gasteiger charge is -2.10. The average Bonchev–Trinajstić information content (AvgIpc) is 1.98. The summed E-state index contributed by atoms with van der Waals surface area (Å²) in [6, 6.07) is 1.90. The summed E-state index contributed by atoms with van der Waals surface area (Å²) in [6.07, 6.45) is -4.63. The highest BCUT2D eigenvalue weighted by Gasteiger charge is 2.34. The van der Waals surface area contributed by atoms with Crippen molar-refractivity contribution >= 4 is 15.9 Å². The lowest BCUT2D eigenvalue weighted by molar-refractivity contribution is -0.140. The zero-order chi connectivity index (χ0) is 10.2. The number of hydrogen-bond acceptors (Lipinski definition) is 0. The lowest BCUT2D eigenvalue weighted by Crippen LogP contribution is -2.09. The second-order valence-electron chi connectivity index (χ2n) is 2.53. The van der Waals surface area contributed by atoms with Crippen molar-refractivity contribution in [1.82, 2.24) is 0 Å². The van der Waals surface area contributed by atoms with E-state index in [2.05, 4.69) is 15.9 Å². The van der Waals surface area contributed by atoms with E-state index in [1.165, 1.54) is 13.0 Å². The van der Waals surface area contributed by atoms with Crippen molar-refractivity contribution in [3.63, 3.8) is 0 Å². The van der Waals surface area contributed by atoms with E-state index in [4.69, 9.17) is 0 Å². The van der Waals surface area contributed by atoms with Gasteiger partial charge in [0.1, 0.15) is 5.82 Å². The van der Waals surface area contributed by atoms with Crippen molar-refractivity contribution in [1.29, 1.82) is 0 Å². The number of halogens is 5. The van der Waals surface area contributed by atoms with Gasteiger partial charge in [-0.05, 0) is 24.6 Å². The van der Waals surface area contributed by atoms with Crippen molar-refractivity contribution in [2.24, 2.45) is 0 Å². The van der Waals surface area contributed by atoms with Crippen LogP contribution in [0.4, 0.5) is 17.6 Å². The molecule has 0 aliphatic carbocycles. The zero-order valence-electron chi connectivity index (χ0n) is 6.54. The second kappa shape index (κ2) is 3.29. The zero-order valence-corrected chi connectivity index (χ0v) is 8.13. The van der Waals surface area contributed by atoms with E-state index >= 15 is 0 Å². The molecule has 0 saturated carbocycles. The van der Waals surface area contributed by atoms with Crippen molar-refractivity contribution in [2.45, 2.75) is 13.1 Å². The van der Waals surface area contributed by atoms with Crippen LogP contribution < -0.4 is 0 Å². The summed E-state index contributed by atoms with van der Waals surface area (Å²) in [5.74, 6) is -1.22. The van der Waals surface area contributed by atoms with Crippen LogP contribution in [-0.4, -0.2) is 0 Å². The second-order valence-corrected chi connectivity index (χ2v) is 3.39. The Morgan fingerprint density at radius 3 is 2.23 bits per heavy atom. The number of benzene rings is 1. The maximum atomic E-state index is 13.0. The van der Waals surface area contributed by atoms with Crippen LogP contribution in [-0.2, 0) is 6.18 Å². The Bertz CT molecular complexity index is 330. The van der Waals surface area contributed by atoms with Gasteiger partial charge in [-0.25, -0.2) is 4.39 Å². The number of alkyl halides is 3. The van der Waals surface area contributed by atoms with Gasteiger partial charge in [0, 0.05) is 4.47 Å². The first-order valence-corrected chi connectivity index (χ1v) is 4.15. The third kappa shape index (κ3) is 2.02. The summed E-state index contributed by atoms with van der Waals surface area (Å²) in [6.45, 7) is 1.29. The van der Waals surface area contributed by atoms with Crippen LogP contribution in [0.25, 0.3) is 0 Å². The van der Waals surface area contributed by atoms with Crippen LogP contribution in [0.2, 0.25) is 0 Å². The molecule has 0 unspecified atom stereocenters. The molecule has 1 aromatic carbocycles. The average molecular weight is 257 g/mol. The van der Waals surface area contributed by atoms with Gasteiger partial charge < -0.3 is 0 Å². The summed E-state index contributed by atoms with van der Waals surface area (Å²) in [5, 5.41) is 0. The molecular weight excluding hydrogens is 252 g/mol. The van der Waals surface area contributed by atoms with Gasteiger partial charge in [0.25, 0.3) is 0 Å². The molecule has 0 atom stereocenters. The van der Waals surface area contributed by atoms with Gasteiger partial charge in [0.15, 0.2) is 0 Å². The minimum absolute atomic E-state index is 0.0326. The smallest absolute Gasteiger partial charge is 0.206 e. The fourth-order valence-corrected chi connectivity index (χ4v) is 1.19. The monoisotopic (exact) mass is 256 g/mol. The van der Waals surface area contributed by atoms with Crippen molar-refractivity contribution in [3.05, 3.63) is 33.5 Å². The molecule has 0 spiro atoms. The standard InChI is InChI=1S/C8H5BrF4/c1-4-6(9)3-2-5(7(4)10)8(11,12)13/h2-3H,1H3. The van der Waals surface area contributed by atoms with E-state index in [-0.39, 0.29) is 5.56 Å². The highest BCUT2D eigenvalue weighted by molar-refractivity contribution is 9.10. The Hall–Kier alpha value is -0.580. The van der Waals surface area contributed by atoms with Crippen LogP contribution in [0.1, 0.15) is 11.1 Å². The van der Waals surface area contributed by atoms with Crippen molar-refractivity contribution in [3.8, 4) is 0 Å². The molecule has 0 nitrogen and oxygen atoms in total. The lowest BCUT2D eigenvalue weighted by atomic mass is 10.1. The summed E-state index contributed by atoms with van der Waals surface area (Å²) in [5.41, 5.74) is -1.26. The fraction of sp³-hybridized carbons (Fsp3) is 0.250. The SMILES string of the molecule is Cc1c(Br)ccc(C(F)(F)F)c1F. The van der Waals surface area contributed by atoms with Gasteiger partial charge in [0.2, 0.25) is 0 Å². The quantitative estimate of drug-likeness (QED) is 0.618. The van der Waals surface area contributed by atoms with E-state index in [9.17, 15) is 17.6 Å². The summed E-state index contributed by atoms with van der Waals surface area (Å²) >= 11 is 2.94. The van der Waals surface area contributed by atoms with Crippen LogP contribution in [0, 0.1) is 12.7 Å². The molecule has 13 heavy (non-hydrogen) atoms. The Morgan fingerprint density at radius 2 is 1.77 bits per heavy atom. The van der Waals surface area contributed by atoms with Crippen LogP contribution in [0.5, 0.6) is 0 Å². The predicted octanol–water partition coefficient (Wildman–Crippen LogP) is 3.92. The fourth-order valence-electron chi connectivity index (χ4n) is 0.880. The van der Waals surface area contributed by atoms with E-state index in [0.717, 1.165) is 0 Å². The van der Waals surface area contributed by atoms with Gasteiger partial charge in [-0.3, -0.25) is 0 Å². The summed E-state index contributed by atoms with van der Waals surface area (Å²) in [7, 11) is 0. The normalized spacial score (nSPS) is 11.8. The summed E-state index contributed by atoms with van der Waals surface area (Å²) < 4.78 is 49.7. The van der Waals surface area contributed by atoms with E-state index in [1.807, 2.05) is 0 Å². The first kappa shape index (κ1) is 10.5. The molecule has 0 saturated heterocycles. The molecule has 0 radical (unpaired) electrons. The maximum absolute atomic E-state index is 13.0. The predicted molar refractivity (Wildman–Crippen MR) is 43.8 cm³/mol. The Morgan fingerprint density at radius 1 is 1.23 bits per heavy atom. The molecule has 0 N–H and O–H groups in total. The molecule has 0 aromatic heterocycles. The van der Waals surface area contributed by atoms with Gasteiger partial charge in [-0.2, -0.15) is 13.2 Å². The molecule has 1 aromatic rings. The van der Waals surface area contributed by atoms with Gasteiger partial charge in [0.05, 0.1) is 5.56 Å². The molecular formula is C8H5BrF4. The van der Waals surface area contributed by atoms with Gasteiger partial charge in [-0.1, -0.05) is 15.9 Å². The van der Waals surface area contributed by atoms with E-state index < -0.39 is 17.6 Å². The van der Waals surface area contributed by atoms with Crippen LogP contribution in [0.15, 0.2) is 16.6 Å². The summed E-state index contributed by atoms with van der Waals surface area (Å²) in [4.78, 5) is 0. The molecule has 0 fully saturated rings. The molecule has 0 heterocycles. The van der Waals surface area contributed by atoms with E-state index in [1.54, 1.807) is 0 Å². The highest BCUT2D eigenvalue weighted by Crippen LogP contribution is 2.34. The third-order valence-corrected chi connectivity index (χ3v) is 2.48. The molecule has 0 amide bonds. The largest absolute Gasteiger partial charge is 0.419 e. The van der Waals surface area contributed by atoms with Crippen LogP contribution >= 0.6 is 15.9 Å². The third-order valence-electron chi connectivity index (χ3n) is 1.63.